The lowest BCUT2D eigenvalue weighted by atomic mass is 9.78. The van der Waals surface area contributed by atoms with Crippen LogP contribution < -0.4 is 16.8 Å². The van der Waals surface area contributed by atoms with Gasteiger partial charge in [0.2, 0.25) is 17.7 Å². The first-order valence-electron chi connectivity index (χ1n) is 12.2. The molecule has 8 heteroatoms. The first-order valence-corrected chi connectivity index (χ1v) is 12.2. The minimum atomic E-state index is -1.45. The van der Waals surface area contributed by atoms with E-state index in [1.807, 2.05) is 20.8 Å². The zero-order valence-electron chi connectivity index (χ0n) is 20.5. The zero-order chi connectivity index (χ0) is 24.3. The van der Waals surface area contributed by atoms with Gasteiger partial charge in [-0.25, -0.2) is 0 Å². The number of amides is 3. The highest BCUT2D eigenvalue weighted by Crippen LogP contribution is 2.42. The van der Waals surface area contributed by atoms with Crippen LogP contribution in [0.3, 0.4) is 0 Å². The molecule has 3 amide bonds. The lowest BCUT2D eigenvalue weighted by Gasteiger charge is -2.35. The van der Waals surface area contributed by atoms with Crippen molar-refractivity contribution >= 4 is 17.7 Å². The topological polar surface area (TPSA) is 139 Å². The molecule has 2 unspecified atom stereocenters. The number of aliphatic hydroxyl groups excluding tert-OH is 1. The summed E-state index contributed by atoms with van der Waals surface area (Å²) >= 11 is 0. The van der Waals surface area contributed by atoms with Crippen LogP contribution >= 0.6 is 0 Å². The Hall–Kier alpha value is -1.67. The molecule has 6 N–H and O–H groups in total. The molecule has 1 aliphatic carbocycles. The summed E-state index contributed by atoms with van der Waals surface area (Å²) < 4.78 is 0. The normalized spacial score (nSPS) is 26.8. The van der Waals surface area contributed by atoms with Gasteiger partial charge >= 0.3 is 0 Å². The lowest BCUT2D eigenvalue weighted by molar-refractivity contribution is -0.142. The van der Waals surface area contributed by atoms with Crippen LogP contribution in [0, 0.1) is 16.7 Å². The number of carbonyl (C=O) groups excluding carboxylic acids is 3. The smallest absolute Gasteiger partial charge is 0.248 e. The van der Waals surface area contributed by atoms with E-state index in [0.29, 0.717) is 25.3 Å². The van der Waals surface area contributed by atoms with E-state index < -0.39 is 35.6 Å². The quantitative estimate of drug-likeness (QED) is 0.399. The van der Waals surface area contributed by atoms with Crippen LogP contribution in [0.1, 0.15) is 86.0 Å². The largest absolute Gasteiger partial charge is 0.381 e. The number of primary amides is 1. The highest BCUT2D eigenvalue weighted by molar-refractivity contribution is 5.91. The van der Waals surface area contributed by atoms with Gasteiger partial charge in [0.25, 0.3) is 0 Å². The van der Waals surface area contributed by atoms with Gasteiger partial charge in [0.1, 0.15) is 6.04 Å². The van der Waals surface area contributed by atoms with Crippen molar-refractivity contribution in [3.05, 3.63) is 0 Å². The summed E-state index contributed by atoms with van der Waals surface area (Å²) in [5.74, 6) is -1.05. The molecule has 1 heterocycles. The summed E-state index contributed by atoms with van der Waals surface area (Å²) in [7, 11) is 0. The van der Waals surface area contributed by atoms with Crippen molar-refractivity contribution in [1.29, 1.82) is 0 Å². The Morgan fingerprint density at radius 1 is 1.22 bits per heavy atom. The molecule has 0 spiro atoms. The Labute approximate surface area is 192 Å². The first kappa shape index (κ1) is 26.6. The van der Waals surface area contributed by atoms with Crippen molar-refractivity contribution < 1.29 is 19.5 Å². The molecular weight excluding hydrogens is 408 g/mol. The Balaban J connectivity index is 2.27. The number of nitrogens with zero attached hydrogens (tertiary/aromatic N) is 1. The van der Waals surface area contributed by atoms with E-state index in [-0.39, 0.29) is 17.2 Å². The molecule has 0 radical (unpaired) electrons. The fraction of sp³-hybridized carbons (Fsp3) is 0.875. The Morgan fingerprint density at radius 2 is 1.84 bits per heavy atom. The van der Waals surface area contributed by atoms with Crippen molar-refractivity contribution in [2.24, 2.45) is 28.2 Å². The van der Waals surface area contributed by atoms with E-state index in [2.05, 4.69) is 19.2 Å². The number of nitrogens with two attached hydrogens (primary N) is 2. The van der Waals surface area contributed by atoms with Crippen LogP contribution in [-0.2, 0) is 14.4 Å². The zero-order valence-corrected chi connectivity index (χ0v) is 20.5. The van der Waals surface area contributed by atoms with Gasteiger partial charge in [0.05, 0.1) is 12.1 Å². The van der Waals surface area contributed by atoms with E-state index in [1.54, 1.807) is 4.90 Å². The summed E-state index contributed by atoms with van der Waals surface area (Å²) in [6, 6.07) is -2.15. The van der Waals surface area contributed by atoms with Crippen LogP contribution in [0.5, 0.6) is 0 Å². The monoisotopic (exact) mass is 452 g/mol. The molecule has 2 aliphatic rings. The van der Waals surface area contributed by atoms with Gasteiger partial charge in [-0.1, -0.05) is 60.3 Å². The van der Waals surface area contributed by atoms with Crippen molar-refractivity contribution in [1.82, 2.24) is 10.2 Å². The molecule has 8 nitrogen and oxygen atoms in total. The van der Waals surface area contributed by atoms with Crippen molar-refractivity contribution in [3.63, 3.8) is 0 Å². The third kappa shape index (κ3) is 6.01. The van der Waals surface area contributed by atoms with Crippen molar-refractivity contribution in [2.45, 2.75) is 110 Å². The summed E-state index contributed by atoms with van der Waals surface area (Å²) in [5, 5.41) is 13.2. The SMILES string of the molecule is CCC[C@@]1(CC)C[C@@H](C(=O)NC(CC2CCC2)C(O)C(N)=O)N(C(=O)[C@@H](N)C(C)(C)C)C1. The van der Waals surface area contributed by atoms with Crippen LogP contribution in [0.4, 0.5) is 0 Å². The third-order valence-electron chi connectivity index (χ3n) is 7.64. The van der Waals surface area contributed by atoms with E-state index in [9.17, 15) is 19.5 Å². The maximum Gasteiger partial charge on any atom is 0.248 e. The fourth-order valence-corrected chi connectivity index (χ4v) is 5.05. The van der Waals surface area contributed by atoms with Gasteiger partial charge in [-0.2, -0.15) is 0 Å². The Bertz CT molecular complexity index is 688. The lowest BCUT2D eigenvalue weighted by Crippen LogP contribution is -2.58. The maximum atomic E-state index is 13.5. The Kier molecular flexibility index (Phi) is 8.73. The first-order chi connectivity index (χ1) is 14.8. The molecule has 5 atom stereocenters. The van der Waals surface area contributed by atoms with Crippen LogP contribution in [0.15, 0.2) is 0 Å². The Morgan fingerprint density at radius 3 is 2.28 bits per heavy atom. The molecule has 0 aromatic carbocycles. The highest BCUT2D eigenvalue weighted by atomic mass is 16.3. The molecule has 32 heavy (non-hydrogen) atoms. The number of likely N-dealkylation sites (tertiary alicyclic amines) is 1. The summed E-state index contributed by atoms with van der Waals surface area (Å²) in [6.45, 7) is 10.4. The molecular formula is C24H44N4O4. The summed E-state index contributed by atoms with van der Waals surface area (Å²) in [6.07, 6.45) is 5.48. The second kappa shape index (κ2) is 10.5. The number of hydrogen-bond acceptors (Lipinski definition) is 5. The average molecular weight is 453 g/mol. The number of rotatable bonds is 10. The maximum absolute atomic E-state index is 13.5. The molecule has 0 aromatic rings. The number of aliphatic hydroxyl groups is 1. The second-order valence-corrected chi connectivity index (χ2v) is 11.1. The number of nitrogens with one attached hydrogen (secondary N) is 1. The molecule has 1 saturated heterocycles. The molecule has 0 bridgehead atoms. The second-order valence-electron chi connectivity index (χ2n) is 11.1. The number of carbonyl (C=O) groups is 3. The molecule has 0 aromatic heterocycles. The standard InChI is InChI=1S/C24H44N4O4/c1-6-11-24(7-2)13-17(28(14-24)22(32)19(25)23(3,4)5)21(31)27-16(18(29)20(26)30)12-15-9-8-10-15/h15-19,29H,6-14,25H2,1-5H3,(H2,26,30)(H,27,31)/t16?,17-,18?,19+,24-/m0/s1. The summed E-state index contributed by atoms with van der Waals surface area (Å²) in [5.41, 5.74) is 11.1. The predicted molar refractivity (Wildman–Crippen MR) is 124 cm³/mol. The van der Waals surface area contributed by atoms with E-state index in [4.69, 9.17) is 11.5 Å². The molecule has 2 fully saturated rings. The van der Waals surface area contributed by atoms with Gasteiger partial charge in [0.15, 0.2) is 6.10 Å². The van der Waals surface area contributed by atoms with Gasteiger partial charge in [0, 0.05) is 6.54 Å². The average Bonchev–Trinajstić information content (AvgIpc) is 3.07. The molecule has 184 valence electrons. The number of hydrogen-bond donors (Lipinski definition) is 4. The van der Waals surface area contributed by atoms with E-state index >= 15 is 0 Å². The summed E-state index contributed by atoms with van der Waals surface area (Å²) in [4.78, 5) is 40.1. The van der Waals surface area contributed by atoms with Gasteiger partial charge in [-0.05, 0) is 42.4 Å². The van der Waals surface area contributed by atoms with Gasteiger partial charge < -0.3 is 26.8 Å². The minimum Gasteiger partial charge on any atom is -0.381 e. The van der Waals surface area contributed by atoms with Crippen molar-refractivity contribution in [3.8, 4) is 0 Å². The highest BCUT2D eigenvalue weighted by Gasteiger charge is 2.49. The third-order valence-corrected chi connectivity index (χ3v) is 7.64. The van der Waals surface area contributed by atoms with E-state index in [1.165, 1.54) is 0 Å². The fourth-order valence-electron chi connectivity index (χ4n) is 5.05. The van der Waals surface area contributed by atoms with Crippen LogP contribution in [0.2, 0.25) is 0 Å². The van der Waals surface area contributed by atoms with Crippen LogP contribution in [0.25, 0.3) is 0 Å². The molecule has 1 saturated carbocycles. The minimum absolute atomic E-state index is 0.143. The molecule has 1 aliphatic heterocycles. The van der Waals surface area contributed by atoms with Gasteiger partial charge in [-0.3, -0.25) is 14.4 Å². The van der Waals surface area contributed by atoms with Gasteiger partial charge in [-0.15, -0.1) is 0 Å². The predicted octanol–water partition coefficient (Wildman–Crippen LogP) is 1.68. The molecule has 2 rings (SSSR count). The van der Waals surface area contributed by atoms with Crippen molar-refractivity contribution in [2.75, 3.05) is 6.54 Å². The van der Waals surface area contributed by atoms with E-state index in [0.717, 1.165) is 38.5 Å². The van der Waals surface area contributed by atoms with Crippen LogP contribution in [-0.4, -0.2) is 58.5 Å².